The minimum atomic E-state index is -0.861. The van der Waals surface area contributed by atoms with Crippen LogP contribution >= 0.6 is 11.6 Å². The van der Waals surface area contributed by atoms with Crippen molar-refractivity contribution >= 4 is 29.2 Å². The lowest BCUT2D eigenvalue weighted by Gasteiger charge is -2.09. The topological polar surface area (TPSA) is 66.4 Å². The molecule has 2 aromatic rings. The monoisotopic (exact) mass is 335 g/mol. The van der Waals surface area contributed by atoms with Crippen LogP contribution < -0.4 is 5.32 Å². The van der Waals surface area contributed by atoms with E-state index in [0.29, 0.717) is 12.1 Å². The van der Waals surface area contributed by atoms with Crippen LogP contribution in [0.1, 0.15) is 22.8 Å². The molecular formula is C17H15ClFNO3. The minimum absolute atomic E-state index is 0.0991. The number of halogens is 2. The summed E-state index contributed by atoms with van der Waals surface area (Å²) in [6, 6.07) is 10.6. The van der Waals surface area contributed by atoms with Crippen LogP contribution in [0.3, 0.4) is 0 Å². The normalized spacial score (nSPS) is 11.8. The summed E-state index contributed by atoms with van der Waals surface area (Å²) >= 11 is 5.65. The maximum Gasteiger partial charge on any atom is 0.306 e. The second-order valence-electron chi connectivity index (χ2n) is 5.22. The number of carboxylic acid groups (broad SMARTS) is 1. The van der Waals surface area contributed by atoms with E-state index in [1.807, 2.05) is 0 Å². The summed E-state index contributed by atoms with van der Waals surface area (Å²) in [5, 5.41) is 11.7. The number of carbonyl (C=O) groups excluding carboxylic acids is 1. The van der Waals surface area contributed by atoms with Gasteiger partial charge >= 0.3 is 5.97 Å². The first-order valence-corrected chi connectivity index (χ1v) is 7.33. The van der Waals surface area contributed by atoms with Gasteiger partial charge < -0.3 is 10.4 Å². The Balaban J connectivity index is 2.05. The van der Waals surface area contributed by atoms with Gasteiger partial charge in [0.2, 0.25) is 0 Å². The number of benzene rings is 2. The molecule has 0 fully saturated rings. The van der Waals surface area contributed by atoms with Gasteiger partial charge in [-0.3, -0.25) is 9.59 Å². The van der Waals surface area contributed by atoms with Crippen LogP contribution in [0.15, 0.2) is 42.5 Å². The molecule has 120 valence electrons. The van der Waals surface area contributed by atoms with Gasteiger partial charge in [-0.15, -0.1) is 0 Å². The highest BCUT2D eigenvalue weighted by atomic mass is 35.5. The third-order valence-electron chi connectivity index (χ3n) is 3.35. The van der Waals surface area contributed by atoms with E-state index in [-0.39, 0.29) is 10.6 Å². The van der Waals surface area contributed by atoms with E-state index in [0.717, 1.165) is 11.6 Å². The lowest BCUT2D eigenvalue weighted by Crippen LogP contribution is -2.14. The van der Waals surface area contributed by atoms with E-state index in [1.54, 1.807) is 31.2 Å². The Morgan fingerprint density at radius 2 is 1.87 bits per heavy atom. The van der Waals surface area contributed by atoms with Crippen LogP contribution in [0.2, 0.25) is 5.02 Å². The summed E-state index contributed by atoms with van der Waals surface area (Å²) in [5.41, 5.74) is 1.24. The lowest BCUT2D eigenvalue weighted by atomic mass is 10.0. The van der Waals surface area contributed by atoms with Crippen LogP contribution in [0, 0.1) is 11.7 Å². The predicted molar refractivity (Wildman–Crippen MR) is 86.3 cm³/mol. The van der Waals surface area contributed by atoms with E-state index in [4.69, 9.17) is 16.7 Å². The highest BCUT2D eigenvalue weighted by molar-refractivity contribution is 6.30. The second kappa shape index (κ2) is 7.24. The number of hydrogen-bond acceptors (Lipinski definition) is 2. The number of anilines is 1. The first-order valence-electron chi connectivity index (χ1n) is 6.95. The number of rotatable bonds is 5. The van der Waals surface area contributed by atoms with Crippen molar-refractivity contribution in [2.24, 2.45) is 5.92 Å². The number of amides is 1. The van der Waals surface area contributed by atoms with Crippen molar-refractivity contribution in [2.45, 2.75) is 13.3 Å². The molecule has 0 bridgehead atoms. The second-order valence-corrected chi connectivity index (χ2v) is 5.66. The average Bonchev–Trinajstić information content (AvgIpc) is 2.48. The largest absolute Gasteiger partial charge is 0.481 e. The molecule has 0 spiro atoms. The lowest BCUT2D eigenvalue weighted by molar-refractivity contribution is -0.141. The van der Waals surface area contributed by atoms with Crippen molar-refractivity contribution in [3.05, 3.63) is 64.4 Å². The minimum Gasteiger partial charge on any atom is -0.481 e. The summed E-state index contributed by atoms with van der Waals surface area (Å²) in [5.74, 6) is -2.62. The van der Waals surface area contributed by atoms with E-state index in [1.165, 1.54) is 12.1 Å². The summed E-state index contributed by atoms with van der Waals surface area (Å²) in [6.45, 7) is 1.63. The van der Waals surface area contributed by atoms with Crippen molar-refractivity contribution < 1.29 is 19.1 Å². The summed E-state index contributed by atoms with van der Waals surface area (Å²) < 4.78 is 13.7. The van der Waals surface area contributed by atoms with Crippen LogP contribution in [0.4, 0.5) is 10.1 Å². The summed E-state index contributed by atoms with van der Waals surface area (Å²) in [6.07, 6.45) is 0.398. The Morgan fingerprint density at radius 3 is 2.43 bits per heavy atom. The van der Waals surface area contributed by atoms with Gasteiger partial charge in [0.1, 0.15) is 5.82 Å². The molecule has 1 atom stereocenters. The quantitative estimate of drug-likeness (QED) is 0.868. The summed E-state index contributed by atoms with van der Waals surface area (Å²) in [4.78, 5) is 22.9. The van der Waals surface area contributed by atoms with E-state index < -0.39 is 23.6 Å². The van der Waals surface area contributed by atoms with Crippen LogP contribution in [0.5, 0.6) is 0 Å². The molecule has 0 saturated carbocycles. The van der Waals surface area contributed by atoms with Gasteiger partial charge in [-0.05, 0) is 42.3 Å². The first kappa shape index (κ1) is 17.0. The zero-order valence-corrected chi connectivity index (χ0v) is 13.1. The number of nitrogens with one attached hydrogen (secondary N) is 1. The molecule has 6 heteroatoms. The Morgan fingerprint density at radius 1 is 1.22 bits per heavy atom. The molecule has 2 aromatic carbocycles. The third kappa shape index (κ3) is 4.53. The van der Waals surface area contributed by atoms with Gasteiger partial charge in [0.05, 0.1) is 11.5 Å². The maximum absolute atomic E-state index is 13.7. The molecule has 0 aliphatic rings. The van der Waals surface area contributed by atoms with E-state index >= 15 is 0 Å². The fourth-order valence-corrected chi connectivity index (χ4v) is 2.20. The fraction of sp³-hybridized carbons (Fsp3) is 0.176. The highest BCUT2D eigenvalue weighted by Crippen LogP contribution is 2.18. The predicted octanol–water partition coefficient (Wildman–Crippen LogP) is 3.99. The number of carbonyl (C=O) groups is 2. The van der Waals surface area contributed by atoms with Crippen LogP contribution in [0.25, 0.3) is 0 Å². The van der Waals surface area contributed by atoms with E-state index in [9.17, 15) is 14.0 Å². The fourth-order valence-electron chi connectivity index (χ4n) is 2.04. The molecule has 2 rings (SSSR count). The van der Waals surface area contributed by atoms with Gasteiger partial charge in [-0.25, -0.2) is 4.39 Å². The molecule has 0 heterocycles. The van der Waals surface area contributed by atoms with Gasteiger partial charge in [0.15, 0.2) is 0 Å². The molecule has 0 saturated heterocycles. The van der Waals surface area contributed by atoms with Crippen molar-refractivity contribution in [1.82, 2.24) is 0 Å². The van der Waals surface area contributed by atoms with Gasteiger partial charge in [0, 0.05) is 10.7 Å². The van der Waals surface area contributed by atoms with Crippen LogP contribution in [-0.4, -0.2) is 17.0 Å². The van der Waals surface area contributed by atoms with Gasteiger partial charge in [0.25, 0.3) is 5.91 Å². The molecule has 1 unspecified atom stereocenters. The molecule has 2 N–H and O–H groups in total. The van der Waals surface area contributed by atoms with Crippen LogP contribution in [-0.2, 0) is 11.2 Å². The van der Waals surface area contributed by atoms with Crippen molar-refractivity contribution in [3.8, 4) is 0 Å². The standard InChI is InChI=1S/C17H15ClFNO3/c1-10(17(22)23)8-11-2-5-13(6-3-11)20-16(21)14-7-4-12(18)9-15(14)19/h2-7,9-10H,8H2,1H3,(H,20,21)(H,22,23). The molecular weight excluding hydrogens is 321 g/mol. The first-order chi connectivity index (χ1) is 10.9. The molecule has 1 amide bonds. The summed E-state index contributed by atoms with van der Waals surface area (Å²) in [7, 11) is 0. The number of hydrogen-bond donors (Lipinski definition) is 2. The zero-order chi connectivity index (χ0) is 17.0. The number of carboxylic acids is 1. The average molecular weight is 336 g/mol. The number of aliphatic carboxylic acids is 1. The Kier molecular flexibility index (Phi) is 5.34. The molecule has 23 heavy (non-hydrogen) atoms. The van der Waals surface area contributed by atoms with Crippen molar-refractivity contribution in [2.75, 3.05) is 5.32 Å². The Labute approximate surface area is 137 Å². The van der Waals surface area contributed by atoms with Gasteiger partial charge in [-0.1, -0.05) is 30.7 Å². The van der Waals surface area contributed by atoms with Gasteiger partial charge in [-0.2, -0.15) is 0 Å². The Bertz CT molecular complexity index is 731. The smallest absolute Gasteiger partial charge is 0.306 e. The molecule has 0 aliphatic carbocycles. The SMILES string of the molecule is CC(Cc1ccc(NC(=O)c2ccc(Cl)cc2F)cc1)C(=O)O. The molecule has 0 aromatic heterocycles. The van der Waals surface area contributed by atoms with E-state index in [2.05, 4.69) is 5.32 Å². The maximum atomic E-state index is 13.7. The highest BCUT2D eigenvalue weighted by Gasteiger charge is 2.13. The van der Waals surface area contributed by atoms with Crippen molar-refractivity contribution in [3.63, 3.8) is 0 Å². The molecule has 4 nitrogen and oxygen atoms in total. The zero-order valence-electron chi connectivity index (χ0n) is 12.3. The molecule has 0 radical (unpaired) electrons. The Hall–Kier alpha value is -2.40. The third-order valence-corrected chi connectivity index (χ3v) is 3.59. The van der Waals surface area contributed by atoms with Crippen molar-refractivity contribution in [1.29, 1.82) is 0 Å². The molecule has 0 aliphatic heterocycles.